The summed E-state index contributed by atoms with van der Waals surface area (Å²) in [5.41, 5.74) is 1.84. The van der Waals surface area contributed by atoms with Gasteiger partial charge >= 0.3 is 0 Å². The summed E-state index contributed by atoms with van der Waals surface area (Å²) >= 11 is 0. The Morgan fingerprint density at radius 3 is 2.82 bits per heavy atom. The van der Waals surface area contributed by atoms with E-state index in [1.165, 1.54) is 12.8 Å². The molecule has 0 aliphatic carbocycles. The van der Waals surface area contributed by atoms with Crippen LogP contribution in [-0.2, 0) is 0 Å². The van der Waals surface area contributed by atoms with Crippen LogP contribution in [0.3, 0.4) is 0 Å². The molecule has 122 valence electrons. The molecule has 0 N–H and O–H groups in total. The van der Waals surface area contributed by atoms with Crippen molar-refractivity contribution >= 4 is 5.78 Å². The lowest BCUT2D eigenvalue weighted by molar-refractivity contribution is 0.0893. The van der Waals surface area contributed by atoms with Gasteiger partial charge in [-0.05, 0) is 61.9 Å². The number of carbonyl (C=O) groups excluding carboxylic acids is 1. The number of ketones is 1. The zero-order valence-electron chi connectivity index (χ0n) is 14.4. The Kier molecular flexibility index (Phi) is 6.01. The molecule has 1 unspecified atom stereocenters. The smallest absolute Gasteiger partial charge is 0.176 e. The largest absolute Gasteiger partial charge is 0.493 e. The van der Waals surface area contributed by atoms with Crippen molar-refractivity contribution in [3.8, 4) is 5.75 Å². The lowest BCUT2D eigenvalue weighted by Crippen LogP contribution is -2.38. The molecule has 0 aromatic heterocycles. The third kappa shape index (κ3) is 4.84. The minimum absolute atomic E-state index is 0.215. The van der Waals surface area contributed by atoms with Crippen LogP contribution in [0.15, 0.2) is 18.2 Å². The first-order valence-corrected chi connectivity index (χ1v) is 8.44. The number of hydrogen-bond acceptors (Lipinski definition) is 3. The van der Waals surface area contributed by atoms with Gasteiger partial charge in [0, 0.05) is 12.1 Å². The Morgan fingerprint density at radius 2 is 2.18 bits per heavy atom. The van der Waals surface area contributed by atoms with Crippen molar-refractivity contribution in [2.75, 3.05) is 26.2 Å². The van der Waals surface area contributed by atoms with E-state index in [9.17, 15) is 4.79 Å². The highest BCUT2D eigenvalue weighted by atomic mass is 16.5. The number of Topliss-reactive ketones (excluding diaryl/α,β-unsaturated/α-hetero) is 1. The average Bonchev–Trinajstić information content (AvgIpc) is 2.45. The Balaban J connectivity index is 1.96. The molecule has 0 bridgehead atoms. The van der Waals surface area contributed by atoms with Gasteiger partial charge in [0.1, 0.15) is 5.75 Å². The molecule has 3 nitrogen and oxygen atoms in total. The Labute approximate surface area is 134 Å². The van der Waals surface area contributed by atoms with Crippen molar-refractivity contribution in [3.05, 3.63) is 29.3 Å². The molecule has 1 atom stereocenters. The van der Waals surface area contributed by atoms with Crippen molar-refractivity contribution in [1.29, 1.82) is 0 Å². The van der Waals surface area contributed by atoms with E-state index in [-0.39, 0.29) is 5.78 Å². The van der Waals surface area contributed by atoms with Gasteiger partial charge in [-0.15, -0.1) is 0 Å². The second-order valence-corrected chi connectivity index (χ2v) is 7.09. The Hall–Kier alpha value is -1.35. The standard InChI is InChI=1S/C19H29NO2/c1-14(2)13-22-19-8-7-17(10-16(19)4)18(21)12-20-9-5-6-15(3)11-20/h7-8,10,14-15H,5-6,9,11-13H2,1-4H3. The van der Waals surface area contributed by atoms with E-state index < -0.39 is 0 Å². The highest BCUT2D eigenvalue weighted by Gasteiger charge is 2.19. The SMILES string of the molecule is Cc1cc(C(=O)CN2CCCC(C)C2)ccc1OCC(C)C. The molecule has 1 aliphatic heterocycles. The van der Waals surface area contributed by atoms with Crippen molar-refractivity contribution in [2.24, 2.45) is 11.8 Å². The number of aryl methyl sites for hydroxylation is 1. The number of likely N-dealkylation sites (tertiary alicyclic amines) is 1. The highest BCUT2D eigenvalue weighted by molar-refractivity contribution is 5.98. The zero-order valence-corrected chi connectivity index (χ0v) is 14.4. The predicted molar refractivity (Wildman–Crippen MR) is 90.7 cm³/mol. The minimum Gasteiger partial charge on any atom is -0.493 e. The quantitative estimate of drug-likeness (QED) is 0.745. The number of carbonyl (C=O) groups is 1. The molecule has 0 amide bonds. The van der Waals surface area contributed by atoms with Gasteiger partial charge in [0.15, 0.2) is 5.78 Å². The summed E-state index contributed by atoms with van der Waals surface area (Å²) in [5.74, 6) is 2.31. The average molecular weight is 303 g/mol. The van der Waals surface area contributed by atoms with Crippen LogP contribution in [-0.4, -0.2) is 36.9 Å². The molecule has 22 heavy (non-hydrogen) atoms. The highest BCUT2D eigenvalue weighted by Crippen LogP contribution is 2.21. The molecule has 1 aliphatic rings. The fourth-order valence-corrected chi connectivity index (χ4v) is 2.97. The molecule has 1 heterocycles. The van der Waals surface area contributed by atoms with E-state index in [2.05, 4.69) is 25.7 Å². The molecular formula is C19H29NO2. The maximum atomic E-state index is 12.5. The third-order valence-corrected chi connectivity index (χ3v) is 4.18. The maximum Gasteiger partial charge on any atom is 0.176 e. The van der Waals surface area contributed by atoms with Gasteiger partial charge in [0.2, 0.25) is 0 Å². The zero-order chi connectivity index (χ0) is 16.1. The van der Waals surface area contributed by atoms with E-state index in [1.54, 1.807) is 0 Å². The lowest BCUT2D eigenvalue weighted by Gasteiger charge is -2.30. The fourth-order valence-electron chi connectivity index (χ4n) is 2.97. The second kappa shape index (κ2) is 7.77. The van der Waals surface area contributed by atoms with E-state index in [0.717, 1.165) is 30.0 Å². The summed E-state index contributed by atoms with van der Waals surface area (Å²) in [7, 11) is 0. The summed E-state index contributed by atoms with van der Waals surface area (Å²) in [6.07, 6.45) is 2.49. The Bertz CT molecular complexity index is 510. The molecular weight excluding hydrogens is 274 g/mol. The van der Waals surface area contributed by atoms with Gasteiger partial charge in [-0.2, -0.15) is 0 Å². The fraction of sp³-hybridized carbons (Fsp3) is 0.632. The normalized spacial score (nSPS) is 19.4. The van der Waals surface area contributed by atoms with E-state index in [4.69, 9.17) is 4.74 Å². The number of ether oxygens (including phenoxy) is 1. The first-order valence-electron chi connectivity index (χ1n) is 8.44. The maximum absolute atomic E-state index is 12.5. The molecule has 1 aromatic rings. The number of rotatable bonds is 6. The molecule has 3 heteroatoms. The van der Waals surface area contributed by atoms with E-state index in [0.29, 0.717) is 25.0 Å². The van der Waals surface area contributed by atoms with Crippen LogP contribution in [0.4, 0.5) is 0 Å². The van der Waals surface area contributed by atoms with Crippen LogP contribution in [0.2, 0.25) is 0 Å². The van der Waals surface area contributed by atoms with Crippen molar-refractivity contribution in [3.63, 3.8) is 0 Å². The second-order valence-electron chi connectivity index (χ2n) is 7.09. The van der Waals surface area contributed by atoms with Crippen LogP contribution >= 0.6 is 0 Å². The summed E-state index contributed by atoms with van der Waals surface area (Å²) in [6, 6.07) is 5.80. The van der Waals surface area contributed by atoms with Crippen LogP contribution in [0.25, 0.3) is 0 Å². The number of benzene rings is 1. The molecule has 0 radical (unpaired) electrons. The Morgan fingerprint density at radius 1 is 1.41 bits per heavy atom. The summed E-state index contributed by atoms with van der Waals surface area (Å²) in [5, 5.41) is 0. The number of hydrogen-bond donors (Lipinski definition) is 0. The minimum atomic E-state index is 0.215. The van der Waals surface area contributed by atoms with Gasteiger partial charge in [-0.3, -0.25) is 9.69 Å². The molecule has 0 spiro atoms. The summed E-state index contributed by atoms with van der Waals surface area (Å²) in [4.78, 5) is 14.8. The third-order valence-electron chi connectivity index (χ3n) is 4.18. The monoisotopic (exact) mass is 303 g/mol. The van der Waals surface area contributed by atoms with Crippen molar-refractivity contribution in [1.82, 2.24) is 4.90 Å². The summed E-state index contributed by atoms with van der Waals surface area (Å²) in [6.45, 7) is 11.9. The first kappa shape index (κ1) is 17.0. The first-order chi connectivity index (χ1) is 10.5. The van der Waals surface area contributed by atoms with Crippen LogP contribution in [0.1, 0.15) is 49.5 Å². The van der Waals surface area contributed by atoms with Crippen LogP contribution < -0.4 is 4.74 Å². The molecule has 1 fully saturated rings. The van der Waals surface area contributed by atoms with Crippen molar-refractivity contribution in [2.45, 2.75) is 40.5 Å². The topological polar surface area (TPSA) is 29.5 Å². The summed E-state index contributed by atoms with van der Waals surface area (Å²) < 4.78 is 5.78. The number of piperidine rings is 1. The number of nitrogens with zero attached hydrogens (tertiary/aromatic N) is 1. The van der Waals surface area contributed by atoms with Gasteiger partial charge in [-0.1, -0.05) is 20.8 Å². The predicted octanol–water partition coefficient (Wildman–Crippen LogP) is 3.94. The van der Waals surface area contributed by atoms with Gasteiger partial charge in [0.05, 0.1) is 13.2 Å². The van der Waals surface area contributed by atoms with Gasteiger partial charge in [-0.25, -0.2) is 0 Å². The van der Waals surface area contributed by atoms with Crippen LogP contribution in [0, 0.1) is 18.8 Å². The van der Waals surface area contributed by atoms with E-state index in [1.807, 2.05) is 25.1 Å². The molecule has 1 saturated heterocycles. The van der Waals surface area contributed by atoms with Crippen LogP contribution in [0.5, 0.6) is 5.75 Å². The van der Waals surface area contributed by atoms with Gasteiger partial charge in [0.25, 0.3) is 0 Å². The molecule has 0 saturated carbocycles. The van der Waals surface area contributed by atoms with Gasteiger partial charge < -0.3 is 4.74 Å². The molecule has 2 rings (SSSR count). The van der Waals surface area contributed by atoms with Crippen molar-refractivity contribution < 1.29 is 9.53 Å². The molecule has 1 aromatic carbocycles. The lowest BCUT2D eigenvalue weighted by atomic mass is 9.99. The van der Waals surface area contributed by atoms with E-state index >= 15 is 0 Å².